The van der Waals surface area contributed by atoms with Crippen LogP contribution in [0.15, 0.2) is 0 Å². The average molecular weight is 172 g/mol. The molecule has 0 saturated carbocycles. The topological polar surface area (TPSA) is 0 Å². The van der Waals surface area contributed by atoms with Gasteiger partial charge in [-0.15, -0.1) is 0 Å². The summed E-state index contributed by atoms with van der Waals surface area (Å²) in [6, 6.07) is 0. The number of hydrogen-bond acceptors (Lipinski definition) is 1. The molecule has 1 fully saturated rings. The minimum Gasteiger partial charge on any atom is -0.158 e. The molecule has 2 atom stereocenters. The monoisotopic (exact) mass is 172 g/mol. The van der Waals surface area contributed by atoms with Gasteiger partial charge in [-0.05, 0) is 36.9 Å². The van der Waals surface area contributed by atoms with E-state index in [-0.39, 0.29) is 0 Å². The van der Waals surface area contributed by atoms with Crippen LogP contribution in [0.4, 0.5) is 0 Å². The highest BCUT2D eigenvalue weighted by Crippen LogP contribution is 2.32. The Morgan fingerprint density at radius 2 is 2.09 bits per heavy atom. The minimum atomic E-state index is 0.876. The maximum atomic E-state index is 2.40. The number of rotatable bonds is 1. The minimum absolute atomic E-state index is 0.876. The molecule has 2 unspecified atom stereocenters. The van der Waals surface area contributed by atoms with Crippen molar-refractivity contribution in [1.29, 1.82) is 0 Å². The van der Waals surface area contributed by atoms with Crippen molar-refractivity contribution in [2.45, 2.75) is 45.3 Å². The van der Waals surface area contributed by atoms with Gasteiger partial charge in [0.2, 0.25) is 0 Å². The lowest BCUT2D eigenvalue weighted by Crippen LogP contribution is -2.13. The molecule has 1 rings (SSSR count). The molecular weight excluding hydrogens is 152 g/mol. The molecule has 1 aliphatic heterocycles. The van der Waals surface area contributed by atoms with Gasteiger partial charge in [-0.25, -0.2) is 0 Å². The molecule has 0 spiro atoms. The Labute approximate surface area is 75.1 Å². The summed E-state index contributed by atoms with van der Waals surface area (Å²) in [5.74, 6) is 3.24. The van der Waals surface area contributed by atoms with Gasteiger partial charge < -0.3 is 0 Å². The van der Waals surface area contributed by atoms with E-state index in [1.54, 1.807) is 0 Å². The summed E-state index contributed by atoms with van der Waals surface area (Å²) in [7, 11) is 0. The van der Waals surface area contributed by atoms with Crippen LogP contribution in [0.3, 0.4) is 0 Å². The fraction of sp³-hybridized carbons (Fsp3) is 1.00. The molecule has 1 heteroatoms. The SMILES string of the molecule is CC1CCCSC(C(C)C)C1. The van der Waals surface area contributed by atoms with E-state index in [4.69, 9.17) is 0 Å². The Morgan fingerprint density at radius 1 is 1.36 bits per heavy atom. The lowest BCUT2D eigenvalue weighted by atomic mass is 9.96. The molecule has 0 aromatic rings. The van der Waals surface area contributed by atoms with Crippen LogP contribution in [-0.2, 0) is 0 Å². The lowest BCUT2D eigenvalue weighted by Gasteiger charge is -2.19. The predicted octanol–water partition coefficient (Wildman–Crippen LogP) is 3.56. The highest BCUT2D eigenvalue weighted by Gasteiger charge is 2.19. The van der Waals surface area contributed by atoms with E-state index < -0.39 is 0 Å². The summed E-state index contributed by atoms with van der Waals surface area (Å²) in [5, 5.41) is 0.937. The van der Waals surface area contributed by atoms with Crippen molar-refractivity contribution in [3.8, 4) is 0 Å². The van der Waals surface area contributed by atoms with Crippen LogP contribution >= 0.6 is 11.8 Å². The van der Waals surface area contributed by atoms with Crippen molar-refractivity contribution in [2.24, 2.45) is 11.8 Å². The Hall–Kier alpha value is 0.350. The first kappa shape index (κ1) is 9.44. The van der Waals surface area contributed by atoms with E-state index in [1.807, 2.05) is 0 Å². The Kier molecular flexibility index (Phi) is 3.77. The molecule has 0 amide bonds. The summed E-state index contributed by atoms with van der Waals surface area (Å²) >= 11 is 2.20. The number of thioether (sulfide) groups is 1. The van der Waals surface area contributed by atoms with Crippen LogP contribution in [0.1, 0.15) is 40.0 Å². The van der Waals surface area contributed by atoms with E-state index in [9.17, 15) is 0 Å². The summed E-state index contributed by atoms with van der Waals surface area (Å²) in [6.45, 7) is 7.12. The molecule has 1 aliphatic rings. The second kappa shape index (κ2) is 4.39. The van der Waals surface area contributed by atoms with Gasteiger partial charge >= 0.3 is 0 Å². The highest BCUT2D eigenvalue weighted by atomic mass is 32.2. The third-order valence-corrected chi connectivity index (χ3v) is 4.24. The van der Waals surface area contributed by atoms with Crippen molar-refractivity contribution >= 4 is 11.8 Å². The Morgan fingerprint density at radius 3 is 2.73 bits per heavy atom. The Bertz CT molecular complexity index is 109. The lowest BCUT2D eigenvalue weighted by molar-refractivity contribution is 0.447. The fourth-order valence-corrected chi connectivity index (χ4v) is 3.20. The molecule has 0 radical (unpaired) electrons. The third kappa shape index (κ3) is 3.06. The van der Waals surface area contributed by atoms with E-state index >= 15 is 0 Å². The normalized spacial score (nSPS) is 33.8. The molecule has 66 valence electrons. The predicted molar refractivity (Wildman–Crippen MR) is 54.1 cm³/mol. The highest BCUT2D eigenvalue weighted by molar-refractivity contribution is 7.99. The number of hydrogen-bond donors (Lipinski definition) is 0. The average Bonchev–Trinajstić information content (AvgIpc) is 2.13. The van der Waals surface area contributed by atoms with Gasteiger partial charge in [0, 0.05) is 5.25 Å². The van der Waals surface area contributed by atoms with Crippen molar-refractivity contribution < 1.29 is 0 Å². The smallest absolute Gasteiger partial charge is 0.00725 e. The Balaban J connectivity index is 2.39. The van der Waals surface area contributed by atoms with Crippen molar-refractivity contribution in [1.82, 2.24) is 0 Å². The molecule has 0 aromatic carbocycles. The molecule has 0 bridgehead atoms. The first-order chi connectivity index (χ1) is 5.20. The third-order valence-electron chi connectivity index (χ3n) is 2.55. The van der Waals surface area contributed by atoms with Crippen LogP contribution in [0.5, 0.6) is 0 Å². The van der Waals surface area contributed by atoms with Gasteiger partial charge in [-0.2, -0.15) is 11.8 Å². The van der Waals surface area contributed by atoms with Crippen molar-refractivity contribution in [3.05, 3.63) is 0 Å². The van der Waals surface area contributed by atoms with Gasteiger partial charge in [0.25, 0.3) is 0 Å². The molecular formula is C10H20S. The zero-order valence-electron chi connectivity index (χ0n) is 7.97. The molecule has 1 heterocycles. The van der Waals surface area contributed by atoms with E-state index in [0.717, 1.165) is 17.1 Å². The fourth-order valence-electron chi connectivity index (χ4n) is 1.71. The standard InChI is InChI=1S/C10H20S/c1-8(2)10-7-9(3)5-4-6-11-10/h8-10H,4-7H2,1-3H3. The second-order valence-corrected chi connectivity index (χ2v) is 5.48. The van der Waals surface area contributed by atoms with Gasteiger partial charge in [0.15, 0.2) is 0 Å². The second-order valence-electron chi connectivity index (χ2n) is 4.14. The van der Waals surface area contributed by atoms with Gasteiger partial charge in [0.05, 0.1) is 0 Å². The molecule has 0 N–H and O–H groups in total. The summed E-state index contributed by atoms with van der Waals surface area (Å²) < 4.78 is 0. The van der Waals surface area contributed by atoms with Crippen molar-refractivity contribution in [2.75, 3.05) is 5.75 Å². The van der Waals surface area contributed by atoms with Crippen molar-refractivity contribution in [3.63, 3.8) is 0 Å². The largest absolute Gasteiger partial charge is 0.158 e. The quantitative estimate of drug-likeness (QED) is 0.583. The van der Waals surface area contributed by atoms with Gasteiger partial charge in [-0.3, -0.25) is 0 Å². The summed E-state index contributed by atoms with van der Waals surface area (Å²) in [4.78, 5) is 0. The molecule has 11 heavy (non-hydrogen) atoms. The van der Waals surface area contributed by atoms with E-state index in [2.05, 4.69) is 32.5 Å². The first-order valence-electron chi connectivity index (χ1n) is 4.81. The molecule has 0 aliphatic carbocycles. The molecule has 1 saturated heterocycles. The van der Waals surface area contributed by atoms with E-state index in [1.165, 1.54) is 25.0 Å². The van der Waals surface area contributed by atoms with Crippen LogP contribution in [0.25, 0.3) is 0 Å². The van der Waals surface area contributed by atoms with Crippen LogP contribution in [0.2, 0.25) is 0 Å². The maximum absolute atomic E-state index is 2.40. The maximum Gasteiger partial charge on any atom is 0.00725 e. The first-order valence-corrected chi connectivity index (χ1v) is 5.86. The van der Waals surface area contributed by atoms with Gasteiger partial charge in [-0.1, -0.05) is 20.8 Å². The van der Waals surface area contributed by atoms with Gasteiger partial charge in [0.1, 0.15) is 0 Å². The zero-order chi connectivity index (χ0) is 8.27. The molecule has 0 nitrogen and oxygen atoms in total. The summed E-state index contributed by atoms with van der Waals surface area (Å²) in [6.07, 6.45) is 4.34. The summed E-state index contributed by atoms with van der Waals surface area (Å²) in [5.41, 5.74) is 0. The molecule has 0 aromatic heterocycles. The van der Waals surface area contributed by atoms with Crippen LogP contribution in [0, 0.1) is 11.8 Å². The zero-order valence-corrected chi connectivity index (χ0v) is 8.79. The van der Waals surface area contributed by atoms with Crippen LogP contribution < -0.4 is 0 Å². The van der Waals surface area contributed by atoms with E-state index in [0.29, 0.717) is 0 Å². The van der Waals surface area contributed by atoms with Crippen LogP contribution in [-0.4, -0.2) is 11.0 Å².